The quantitative estimate of drug-likeness (QED) is 0.473. The molecule has 5 nitrogen and oxygen atoms in total. The summed E-state index contributed by atoms with van der Waals surface area (Å²) in [7, 11) is 0.916. The lowest BCUT2D eigenvalue weighted by Crippen LogP contribution is -2.37. The number of halogens is 6. The van der Waals surface area contributed by atoms with Gasteiger partial charge in [0.2, 0.25) is 0 Å². The van der Waals surface area contributed by atoms with E-state index in [4.69, 9.17) is 16.3 Å². The monoisotopic (exact) mass is 481 g/mol. The first-order chi connectivity index (χ1) is 14.6. The van der Waals surface area contributed by atoms with E-state index in [1.54, 1.807) is 0 Å². The fraction of sp³-hybridized carbons (Fsp3) is 0.429. The highest BCUT2D eigenvalue weighted by Crippen LogP contribution is 2.48. The third-order valence-electron chi connectivity index (χ3n) is 4.52. The number of esters is 2. The fourth-order valence-corrected chi connectivity index (χ4v) is 3.65. The molecule has 0 saturated carbocycles. The van der Waals surface area contributed by atoms with E-state index in [1.165, 1.54) is 27.7 Å². The number of ether oxygens (including phenoxy) is 2. The lowest BCUT2D eigenvalue weighted by molar-refractivity contribution is -0.150. The highest BCUT2D eigenvalue weighted by atomic mass is 35.5. The minimum atomic E-state index is -5.16. The van der Waals surface area contributed by atoms with Gasteiger partial charge in [-0.3, -0.25) is 0 Å². The van der Waals surface area contributed by atoms with Crippen LogP contribution in [0, 0.1) is 5.82 Å². The van der Waals surface area contributed by atoms with Gasteiger partial charge in [-0.2, -0.15) is 13.2 Å². The molecule has 176 valence electrons. The van der Waals surface area contributed by atoms with Gasteiger partial charge in [-0.25, -0.2) is 18.4 Å². The Morgan fingerprint density at radius 2 is 1.72 bits per heavy atom. The van der Waals surface area contributed by atoms with Crippen LogP contribution in [-0.2, 0) is 25.2 Å². The minimum Gasteiger partial charge on any atom is -0.466 e. The maximum Gasteiger partial charge on any atom is 0.418 e. The second-order valence-corrected chi connectivity index (χ2v) is 8.34. The Bertz CT molecular complexity index is 1010. The van der Waals surface area contributed by atoms with Gasteiger partial charge in [0.1, 0.15) is 18.1 Å². The predicted molar refractivity (Wildman–Crippen MR) is 106 cm³/mol. The van der Waals surface area contributed by atoms with E-state index in [-0.39, 0.29) is 5.70 Å². The molecule has 11 heteroatoms. The number of methoxy groups -OCH3 is 1. The molecule has 1 aliphatic heterocycles. The van der Waals surface area contributed by atoms with Crippen LogP contribution in [0.2, 0.25) is 5.02 Å². The number of alkyl halides is 4. The number of hydrogen-bond acceptors (Lipinski definition) is 5. The van der Waals surface area contributed by atoms with Crippen molar-refractivity contribution in [2.24, 2.45) is 0 Å². The highest BCUT2D eigenvalue weighted by molar-refractivity contribution is 6.31. The van der Waals surface area contributed by atoms with Crippen LogP contribution in [0.4, 0.5) is 22.0 Å². The molecule has 1 aromatic rings. The zero-order valence-electron chi connectivity index (χ0n) is 17.8. The average Bonchev–Trinajstić information content (AvgIpc) is 2.65. The summed E-state index contributed by atoms with van der Waals surface area (Å²) in [4.78, 5) is 25.5. The van der Waals surface area contributed by atoms with Crippen molar-refractivity contribution in [1.82, 2.24) is 5.32 Å². The Morgan fingerprint density at radius 3 is 2.19 bits per heavy atom. The lowest BCUT2D eigenvalue weighted by Gasteiger charge is -2.33. The summed E-state index contributed by atoms with van der Waals surface area (Å²) in [5.41, 5.74) is -5.59. The number of carbonyl (C=O) groups excluding carboxylic acids is 2. The maximum atomic E-state index is 15.0. The number of carbonyl (C=O) groups is 2. The molecule has 1 aromatic carbocycles. The van der Waals surface area contributed by atoms with E-state index in [0.29, 0.717) is 12.1 Å². The van der Waals surface area contributed by atoms with E-state index in [1.807, 2.05) is 0 Å². The summed E-state index contributed by atoms with van der Waals surface area (Å²) >= 11 is 5.77. The molecule has 0 saturated heterocycles. The molecule has 0 fully saturated rings. The first-order valence-electron chi connectivity index (χ1n) is 9.27. The number of benzene rings is 1. The Morgan fingerprint density at radius 1 is 1.12 bits per heavy atom. The zero-order chi connectivity index (χ0) is 24.6. The number of rotatable bonds is 4. The Balaban J connectivity index is 2.98. The van der Waals surface area contributed by atoms with Gasteiger partial charge in [0.15, 0.2) is 0 Å². The molecule has 0 spiro atoms. The molecule has 0 aliphatic carbocycles. The second kappa shape index (κ2) is 9.09. The Labute approximate surface area is 186 Å². The van der Waals surface area contributed by atoms with Gasteiger partial charge in [-0.05, 0) is 39.8 Å². The summed E-state index contributed by atoms with van der Waals surface area (Å²) in [6.07, 6.45) is -5.16. The first kappa shape index (κ1) is 25.6. The van der Waals surface area contributed by atoms with Crippen LogP contribution in [0.25, 0.3) is 0 Å². The van der Waals surface area contributed by atoms with Crippen molar-refractivity contribution in [3.8, 4) is 0 Å². The molecule has 1 atom stereocenters. The SMILES string of the molecule is COC(=O)C1=C(CF)NC(C)=C(C(=O)OC(C)(C)C)C1c1c(F)ccc(Cl)c1C(F)(F)F. The van der Waals surface area contributed by atoms with Crippen molar-refractivity contribution in [3.05, 3.63) is 56.6 Å². The summed E-state index contributed by atoms with van der Waals surface area (Å²) in [6.45, 7) is 4.47. The van der Waals surface area contributed by atoms with E-state index in [0.717, 1.165) is 7.11 Å². The molecule has 0 aromatic heterocycles. The molecule has 1 heterocycles. The van der Waals surface area contributed by atoms with Gasteiger partial charge in [0, 0.05) is 11.3 Å². The number of nitrogens with one attached hydrogen (secondary N) is 1. The smallest absolute Gasteiger partial charge is 0.418 e. The zero-order valence-corrected chi connectivity index (χ0v) is 18.6. The van der Waals surface area contributed by atoms with Crippen LogP contribution in [0.15, 0.2) is 34.7 Å². The third-order valence-corrected chi connectivity index (χ3v) is 4.83. The molecule has 0 amide bonds. The summed E-state index contributed by atoms with van der Waals surface area (Å²) < 4.78 is 80.5. The summed E-state index contributed by atoms with van der Waals surface area (Å²) in [6, 6.07) is 1.37. The highest BCUT2D eigenvalue weighted by Gasteiger charge is 2.47. The topological polar surface area (TPSA) is 64.6 Å². The van der Waals surface area contributed by atoms with Gasteiger partial charge in [-0.15, -0.1) is 0 Å². The van der Waals surface area contributed by atoms with E-state index < -0.39 is 75.1 Å². The van der Waals surface area contributed by atoms with E-state index in [2.05, 4.69) is 10.1 Å². The Hall–Kier alpha value is -2.62. The van der Waals surface area contributed by atoms with Crippen molar-refractivity contribution in [3.63, 3.8) is 0 Å². The molecular formula is C21H21ClF5NO4. The summed E-state index contributed by atoms with van der Waals surface area (Å²) in [5, 5.41) is 1.62. The number of dihydropyridines is 1. The first-order valence-corrected chi connectivity index (χ1v) is 9.65. The molecule has 0 radical (unpaired) electrons. The lowest BCUT2D eigenvalue weighted by atomic mass is 9.78. The van der Waals surface area contributed by atoms with Crippen molar-refractivity contribution >= 4 is 23.5 Å². The van der Waals surface area contributed by atoms with Gasteiger partial charge in [-0.1, -0.05) is 11.6 Å². The molecular weight excluding hydrogens is 461 g/mol. The van der Waals surface area contributed by atoms with E-state index >= 15 is 0 Å². The van der Waals surface area contributed by atoms with Gasteiger partial charge < -0.3 is 14.8 Å². The average molecular weight is 482 g/mol. The van der Waals surface area contributed by atoms with Crippen LogP contribution in [0.1, 0.15) is 44.7 Å². The van der Waals surface area contributed by atoms with Crippen molar-refractivity contribution in [2.75, 3.05) is 13.8 Å². The van der Waals surface area contributed by atoms with E-state index in [9.17, 15) is 31.5 Å². The molecule has 2 rings (SSSR count). The van der Waals surface area contributed by atoms with Crippen LogP contribution < -0.4 is 5.32 Å². The van der Waals surface area contributed by atoms with Crippen LogP contribution >= 0.6 is 11.6 Å². The maximum absolute atomic E-state index is 15.0. The van der Waals surface area contributed by atoms with Gasteiger partial charge >= 0.3 is 18.1 Å². The molecule has 1 aliphatic rings. The molecule has 32 heavy (non-hydrogen) atoms. The van der Waals surface area contributed by atoms with Crippen LogP contribution in [-0.4, -0.2) is 31.3 Å². The van der Waals surface area contributed by atoms with Crippen LogP contribution in [0.5, 0.6) is 0 Å². The summed E-state index contributed by atoms with van der Waals surface area (Å²) in [5.74, 6) is -5.78. The van der Waals surface area contributed by atoms with Crippen molar-refractivity contribution < 1.29 is 41.0 Å². The van der Waals surface area contributed by atoms with Gasteiger partial charge in [0.05, 0.1) is 40.5 Å². The molecule has 1 N–H and O–H groups in total. The van der Waals surface area contributed by atoms with Crippen molar-refractivity contribution in [2.45, 2.75) is 45.4 Å². The standard InChI is InChI=1S/C21H21ClF5NO4/c1-9-13(19(30)32-20(2,3)4)16(15(18(29)31-5)12(8-23)28-9)14-11(24)7-6-10(22)17(14)21(25,26)27/h6-7,16,28H,8H2,1-5H3. The van der Waals surface area contributed by atoms with Crippen molar-refractivity contribution in [1.29, 1.82) is 0 Å². The van der Waals surface area contributed by atoms with Crippen LogP contribution in [0.3, 0.4) is 0 Å². The fourth-order valence-electron chi connectivity index (χ4n) is 3.38. The third kappa shape index (κ3) is 5.06. The second-order valence-electron chi connectivity index (χ2n) is 7.93. The normalized spacial score (nSPS) is 17.3. The molecule has 1 unspecified atom stereocenters. The minimum absolute atomic E-state index is 0.114. The number of hydrogen-bond donors (Lipinski definition) is 1. The predicted octanol–water partition coefficient (Wildman–Crippen LogP) is 5.20. The largest absolute Gasteiger partial charge is 0.466 e. The Kier molecular flexibility index (Phi) is 7.28. The van der Waals surface area contributed by atoms with Gasteiger partial charge in [0.25, 0.3) is 0 Å². The molecule has 0 bridgehead atoms. The number of allylic oxidation sites excluding steroid dienone is 2.